The quantitative estimate of drug-likeness (QED) is 0.879. The van der Waals surface area contributed by atoms with Crippen molar-refractivity contribution in [3.63, 3.8) is 0 Å². The summed E-state index contributed by atoms with van der Waals surface area (Å²) in [6.07, 6.45) is -0.440. The van der Waals surface area contributed by atoms with Crippen molar-refractivity contribution >= 4 is 0 Å². The molecule has 0 atom stereocenters. The SMILES string of the molecule is COc1cc(C2OC(C)(C)C(C)(C)O2)ccc1O. The van der Waals surface area contributed by atoms with E-state index in [9.17, 15) is 5.11 Å². The van der Waals surface area contributed by atoms with E-state index in [1.807, 2.05) is 27.7 Å². The van der Waals surface area contributed by atoms with E-state index in [1.165, 1.54) is 7.11 Å². The van der Waals surface area contributed by atoms with Crippen LogP contribution >= 0.6 is 0 Å². The Morgan fingerprint density at radius 3 is 2.17 bits per heavy atom. The lowest BCUT2D eigenvalue weighted by molar-refractivity contribution is -0.0896. The average Bonchev–Trinajstić information content (AvgIpc) is 2.49. The Morgan fingerprint density at radius 1 is 1.11 bits per heavy atom. The molecule has 100 valence electrons. The monoisotopic (exact) mass is 252 g/mol. The molecule has 1 aliphatic rings. The number of aromatic hydroxyl groups is 1. The zero-order valence-electron chi connectivity index (χ0n) is 11.5. The highest BCUT2D eigenvalue weighted by Gasteiger charge is 2.49. The van der Waals surface area contributed by atoms with Crippen molar-refractivity contribution in [3.8, 4) is 11.5 Å². The Hall–Kier alpha value is -1.26. The number of benzene rings is 1. The first-order valence-electron chi connectivity index (χ1n) is 5.99. The van der Waals surface area contributed by atoms with Gasteiger partial charge in [0.25, 0.3) is 0 Å². The molecule has 0 aliphatic carbocycles. The minimum Gasteiger partial charge on any atom is -0.504 e. The van der Waals surface area contributed by atoms with Gasteiger partial charge < -0.3 is 19.3 Å². The van der Waals surface area contributed by atoms with Crippen LogP contribution in [0.1, 0.15) is 39.5 Å². The molecule has 0 unspecified atom stereocenters. The van der Waals surface area contributed by atoms with Crippen LogP contribution in [0.3, 0.4) is 0 Å². The Bertz CT molecular complexity index is 435. The summed E-state index contributed by atoms with van der Waals surface area (Å²) in [7, 11) is 1.52. The second kappa shape index (κ2) is 4.14. The van der Waals surface area contributed by atoms with Gasteiger partial charge in [0.1, 0.15) is 0 Å². The minimum absolute atomic E-state index is 0.109. The van der Waals surface area contributed by atoms with Gasteiger partial charge in [-0.2, -0.15) is 0 Å². The van der Waals surface area contributed by atoms with Crippen molar-refractivity contribution < 1.29 is 19.3 Å². The molecule has 1 aliphatic heterocycles. The molecule has 0 bridgehead atoms. The summed E-state index contributed by atoms with van der Waals surface area (Å²) in [5.74, 6) is 0.528. The molecule has 0 saturated carbocycles. The second-order valence-corrected chi connectivity index (χ2v) is 5.52. The largest absolute Gasteiger partial charge is 0.504 e. The van der Waals surface area contributed by atoms with Crippen molar-refractivity contribution in [2.24, 2.45) is 0 Å². The van der Waals surface area contributed by atoms with Crippen molar-refractivity contribution in [2.75, 3.05) is 7.11 Å². The summed E-state index contributed by atoms with van der Waals surface area (Å²) in [5, 5.41) is 9.58. The predicted octanol–water partition coefficient (Wildman–Crippen LogP) is 3.00. The maximum Gasteiger partial charge on any atom is 0.185 e. The molecule has 0 aromatic heterocycles. The average molecular weight is 252 g/mol. The highest BCUT2D eigenvalue weighted by Crippen LogP contribution is 2.45. The molecule has 1 N–H and O–H groups in total. The molecule has 18 heavy (non-hydrogen) atoms. The van der Waals surface area contributed by atoms with Gasteiger partial charge in [-0.3, -0.25) is 0 Å². The first-order chi connectivity index (χ1) is 8.27. The first kappa shape index (κ1) is 13.2. The fraction of sp³-hybridized carbons (Fsp3) is 0.571. The van der Waals surface area contributed by atoms with Crippen molar-refractivity contribution in [1.82, 2.24) is 0 Å². The summed E-state index contributed by atoms with van der Waals surface area (Å²) in [4.78, 5) is 0. The Balaban J connectivity index is 2.30. The van der Waals surface area contributed by atoms with Crippen molar-refractivity contribution in [2.45, 2.75) is 45.2 Å². The van der Waals surface area contributed by atoms with E-state index in [2.05, 4.69) is 0 Å². The van der Waals surface area contributed by atoms with Crippen LogP contribution in [0.5, 0.6) is 11.5 Å². The third-order valence-electron chi connectivity index (χ3n) is 3.73. The third-order valence-corrected chi connectivity index (χ3v) is 3.73. The van der Waals surface area contributed by atoms with Gasteiger partial charge in [-0.05, 0) is 39.8 Å². The molecule has 1 saturated heterocycles. The molecule has 4 heteroatoms. The van der Waals surface area contributed by atoms with Crippen molar-refractivity contribution in [3.05, 3.63) is 23.8 Å². The Labute approximate surface area is 107 Å². The molecule has 1 fully saturated rings. The fourth-order valence-electron chi connectivity index (χ4n) is 1.82. The molecule has 0 amide bonds. The van der Waals surface area contributed by atoms with E-state index < -0.39 is 6.29 Å². The van der Waals surface area contributed by atoms with Gasteiger partial charge >= 0.3 is 0 Å². The van der Waals surface area contributed by atoms with Gasteiger partial charge in [-0.15, -0.1) is 0 Å². The van der Waals surface area contributed by atoms with Crippen LogP contribution in [-0.4, -0.2) is 23.4 Å². The summed E-state index contributed by atoms with van der Waals surface area (Å²) < 4.78 is 16.9. The lowest BCUT2D eigenvalue weighted by Crippen LogP contribution is -2.41. The topological polar surface area (TPSA) is 47.9 Å². The number of hydrogen-bond donors (Lipinski definition) is 1. The smallest absolute Gasteiger partial charge is 0.185 e. The number of phenolic OH excluding ortho intramolecular Hbond substituents is 1. The number of methoxy groups -OCH3 is 1. The fourth-order valence-corrected chi connectivity index (χ4v) is 1.82. The molecule has 1 aromatic carbocycles. The molecular weight excluding hydrogens is 232 g/mol. The lowest BCUT2D eigenvalue weighted by atomic mass is 9.90. The Morgan fingerprint density at radius 2 is 1.67 bits per heavy atom. The van der Waals surface area contributed by atoms with E-state index >= 15 is 0 Å². The van der Waals surface area contributed by atoms with Crippen LogP contribution in [0, 0.1) is 0 Å². The molecule has 1 aromatic rings. The Kier molecular flexibility index (Phi) is 3.03. The zero-order chi connectivity index (χ0) is 13.6. The number of phenols is 1. The third kappa shape index (κ3) is 2.06. The van der Waals surface area contributed by atoms with Crippen LogP contribution < -0.4 is 4.74 Å². The maximum atomic E-state index is 9.58. The maximum absolute atomic E-state index is 9.58. The van der Waals surface area contributed by atoms with Gasteiger partial charge in [-0.1, -0.05) is 6.07 Å². The van der Waals surface area contributed by atoms with Crippen LogP contribution in [0.2, 0.25) is 0 Å². The van der Waals surface area contributed by atoms with Crippen LogP contribution in [0.4, 0.5) is 0 Å². The highest BCUT2D eigenvalue weighted by atomic mass is 16.7. The van der Waals surface area contributed by atoms with Gasteiger partial charge in [0, 0.05) is 5.56 Å². The summed E-state index contributed by atoms with van der Waals surface area (Å²) in [6, 6.07) is 5.09. The zero-order valence-corrected chi connectivity index (χ0v) is 11.5. The lowest BCUT2D eigenvalue weighted by Gasteiger charge is -2.30. The molecule has 0 radical (unpaired) electrons. The van der Waals surface area contributed by atoms with Crippen LogP contribution in [-0.2, 0) is 9.47 Å². The molecule has 4 nitrogen and oxygen atoms in total. The van der Waals surface area contributed by atoms with Crippen LogP contribution in [0.25, 0.3) is 0 Å². The molecule has 2 rings (SSSR count). The van der Waals surface area contributed by atoms with Gasteiger partial charge in [-0.25, -0.2) is 0 Å². The molecule has 1 heterocycles. The van der Waals surface area contributed by atoms with E-state index in [0.717, 1.165) is 5.56 Å². The van der Waals surface area contributed by atoms with Crippen LogP contribution in [0.15, 0.2) is 18.2 Å². The van der Waals surface area contributed by atoms with E-state index in [4.69, 9.17) is 14.2 Å². The molecular formula is C14H20O4. The van der Waals surface area contributed by atoms with E-state index in [1.54, 1.807) is 18.2 Å². The number of hydrogen-bond acceptors (Lipinski definition) is 4. The number of rotatable bonds is 2. The first-order valence-corrected chi connectivity index (χ1v) is 5.99. The standard InChI is InChI=1S/C14H20O4/c1-13(2)14(3,4)18-12(17-13)9-6-7-10(15)11(8-9)16-5/h6-8,12,15H,1-5H3. The highest BCUT2D eigenvalue weighted by molar-refractivity contribution is 5.42. The minimum atomic E-state index is -0.440. The molecule has 0 spiro atoms. The summed E-state index contributed by atoms with van der Waals surface area (Å²) >= 11 is 0. The van der Waals surface area contributed by atoms with Gasteiger partial charge in [0.15, 0.2) is 17.8 Å². The predicted molar refractivity (Wildman–Crippen MR) is 67.7 cm³/mol. The summed E-state index contributed by atoms with van der Waals surface area (Å²) in [5.41, 5.74) is 0.0919. The normalized spacial score (nSPS) is 22.1. The van der Waals surface area contributed by atoms with Crippen molar-refractivity contribution in [1.29, 1.82) is 0 Å². The second-order valence-electron chi connectivity index (χ2n) is 5.52. The van der Waals surface area contributed by atoms with E-state index in [0.29, 0.717) is 5.75 Å². The van der Waals surface area contributed by atoms with Gasteiger partial charge in [0.05, 0.1) is 18.3 Å². The van der Waals surface area contributed by atoms with Gasteiger partial charge in [0.2, 0.25) is 0 Å². The summed E-state index contributed by atoms with van der Waals surface area (Å²) in [6.45, 7) is 8.02. The number of ether oxygens (including phenoxy) is 3. The van der Waals surface area contributed by atoms with E-state index in [-0.39, 0.29) is 17.0 Å².